The van der Waals surface area contributed by atoms with E-state index in [1.165, 1.54) is 23.5 Å². The van der Waals surface area contributed by atoms with Gasteiger partial charge in [0.25, 0.3) is 5.56 Å². The van der Waals surface area contributed by atoms with Crippen LogP contribution in [0.4, 0.5) is 16.3 Å². The zero-order valence-corrected chi connectivity index (χ0v) is 30.7. The van der Waals surface area contributed by atoms with Crippen LogP contribution < -0.4 is 26.6 Å². The summed E-state index contributed by atoms with van der Waals surface area (Å²) < 4.78 is 8.32. The van der Waals surface area contributed by atoms with E-state index in [1.807, 2.05) is 43.3 Å². The van der Waals surface area contributed by atoms with Crippen molar-refractivity contribution in [3.8, 4) is 28.3 Å². The van der Waals surface area contributed by atoms with Gasteiger partial charge in [-0.15, -0.1) is 0 Å². The standard InChI is InChI=1S/C38H40ClN9O5/c1-21-23(7-6-10-26(21)42-32-30-33(41-20-40-32)45(2)37(52)46(3)35(30)50)24-8-5-9-25(31(24)39)27-17-22-11-12-28(29(22)34(43-27)53-4)47-14-13-38(18-47)19-48(15-16-49)36(51)44-38/h5-10,17,20,28,49H,11-16,18-19H2,1-4H3,(H,44,51)(H,40,41,42)/t28-,38+/m0/s1. The number of ether oxygens (including phenoxy) is 1. The molecular formula is C38H40ClN9O5. The predicted molar refractivity (Wildman–Crippen MR) is 202 cm³/mol. The predicted octanol–water partition coefficient (Wildman–Crippen LogP) is 3.92. The smallest absolute Gasteiger partial charge is 0.332 e. The number of aryl methyl sites for hydroxylation is 2. The Balaban J connectivity index is 1.10. The number of pyridine rings is 1. The molecule has 3 N–H and O–H groups in total. The van der Waals surface area contributed by atoms with Crippen molar-refractivity contribution in [3.05, 3.63) is 91.3 Å². The van der Waals surface area contributed by atoms with Gasteiger partial charge >= 0.3 is 11.7 Å². The Kier molecular flexibility index (Phi) is 8.71. The number of β-amino-alcohol motifs (C(OH)–C–C–N with tert-alkyl or cyclic N) is 1. The van der Waals surface area contributed by atoms with Crippen molar-refractivity contribution in [2.24, 2.45) is 14.1 Å². The zero-order chi connectivity index (χ0) is 37.2. The van der Waals surface area contributed by atoms with Gasteiger partial charge in [0, 0.05) is 68.7 Å². The number of nitrogens with one attached hydrogen (secondary N) is 2. The molecule has 2 saturated heterocycles. The van der Waals surface area contributed by atoms with E-state index in [2.05, 4.69) is 31.6 Å². The molecule has 2 amide bonds. The van der Waals surface area contributed by atoms with Gasteiger partial charge in [0.05, 0.1) is 30.0 Å². The lowest BCUT2D eigenvalue weighted by Gasteiger charge is -2.28. The van der Waals surface area contributed by atoms with E-state index in [9.17, 15) is 19.5 Å². The summed E-state index contributed by atoms with van der Waals surface area (Å²) in [5.41, 5.74) is 5.98. The highest BCUT2D eigenvalue weighted by Crippen LogP contribution is 2.46. The zero-order valence-electron chi connectivity index (χ0n) is 29.9. The van der Waals surface area contributed by atoms with Gasteiger partial charge in [0.15, 0.2) is 5.65 Å². The number of hydrogen-bond donors (Lipinski definition) is 3. The van der Waals surface area contributed by atoms with Crippen molar-refractivity contribution < 1.29 is 14.6 Å². The minimum atomic E-state index is -0.489. The molecule has 2 aliphatic heterocycles. The number of benzene rings is 2. The molecule has 14 nitrogen and oxygen atoms in total. The number of halogens is 1. The van der Waals surface area contributed by atoms with Crippen LogP contribution in [0.2, 0.25) is 5.02 Å². The van der Waals surface area contributed by atoms with Crippen LogP contribution in [0.25, 0.3) is 33.4 Å². The number of aliphatic hydroxyl groups excluding tert-OH is 1. The molecule has 0 saturated carbocycles. The number of amides is 2. The van der Waals surface area contributed by atoms with Crippen molar-refractivity contribution >= 4 is 40.2 Å². The van der Waals surface area contributed by atoms with E-state index in [4.69, 9.17) is 21.3 Å². The number of carbonyl (C=O) groups excluding carboxylic acids is 1. The van der Waals surface area contributed by atoms with Gasteiger partial charge in [-0.05, 0) is 55.0 Å². The first-order chi connectivity index (χ1) is 25.5. The number of aliphatic hydroxyl groups is 1. The summed E-state index contributed by atoms with van der Waals surface area (Å²) in [5, 5.41) is 16.7. The average Bonchev–Trinajstić information content (AvgIpc) is 3.86. The van der Waals surface area contributed by atoms with Gasteiger partial charge in [0.2, 0.25) is 5.88 Å². The molecular weight excluding hydrogens is 698 g/mol. The number of carbonyl (C=O) groups is 1. The second kappa shape index (κ2) is 13.3. The van der Waals surface area contributed by atoms with Crippen LogP contribution in [0, 0.1) is 6.92 Å². The molecule has 3 aliphatic rings. The number of likely N-dealkylation sites (tertiary alicyclic amines) is 1. The van der Waals surface area contributed by atoms with Crippen molar-refractivity contribution in [2.45, 2.75) is 37.8 Å². The lowest BCUT2D eigenvalue weighted by atomic mass is 9.96. The summed E-state index contributed by atoms with van der Waals surface area (Å²) in [5.74, 6) is 0.864. The number of nitrogens with zero attached hydrogens (tertiary/aromatic N) is 7. The maximum Gasteiger partial charge on any atom is 0.332 e. The van der Waals surface area contributed by atoms with Crippen LogP contribution >= 0.6 is 11.6 Å². The third kappa shape index (κ3) is 5.72. The molecule has 274 valence electrons. The molecule has 2 aromatic carbocycles. The third-order valence-corrected chi connectivity index (χ3v) is 11.5. The second-order valence-electron chi connectivity index (χ2n) is 14.1. The monoisotopic (exact) mass is 737 g/mol. The minimum Gasteiger partial charge on any atom is -0.481 e. The minimum absolute atomic E-state index is 0.0551. The summed E-state index contributed by atoms with van der Waals surface area (Å²) in [6.45, 7) is 4.40. The first-order valence-electron chi connectivity index (χ1n) is 17.6. The highest BCUT2D eigenvalue weighted by atomic mass is 35.5. The van der Waals surface area contributed by atoms with Crippen molar-refractivity contribution in [2.75, 3.05) is 45.2 Å². The van der Waals surface area contributed by atoms with Crippen LogP contribution in [0.3, 0.4) is 0 Å². The van der Waals surface area contributed by atoms with Crippen LogP contribution in [0.1, 0.15) is 35.6 Å². The Hall–Kier alpha value is -5.31. The molecule has 2 atom stereocenters. The second-order valence-corrected chi connectivity index (χ2v) is 14.5. The van der Waals surface area contributed by atoms with E-state index in [0.717, 1.165) is 70.4 Å². The van der Waals surface area contributed by atoms with Gasteiger partial charge in [-0.2, -0.15) is 0 Å². The van der Waals surface area contributed by atoms with Gasteiger partial charge in [-0.1, -0.05) is 41.9 Å². The first-order valence-corrected chi connectivity index (χ1v) is 18.0. The molecule has 2 fully saturated rings. The number of urea groups is 1. The van der Waals surface area contributed by atoms with Gasteiger partial charge in [-0.3, -0.25) is 18.8 Å². The molecule has 0 unspecified atom stereocenters. The van der Waals surface area contributed by atoms with E-state index < -0.39 is 11.2 Å². The molecule has 5 aromatic rings. The fourth-order valence-corrected chi connectivity index (χ4v) is 8.67. The quantitative estimate of drug-likeness (QED) is 0.213. The Morgan fingerprint density at radius 2 is 1.83 bits per heavy atom. The summed E-state index contributed by atoms with van der Waals surface area (Å²) in [6, 6.07) is 13.8. The number of aromatic nitrogens is 5. The fourth-order valence-electron chi connectivity index (χ4n) is 8.35. The Morgan fingerprint density at radius 1 is 1.06 bits per heavy atom. The molecule has 0 bridgehead atoms. The summed E-state index contributed by atoms with van der Waals surface area (Å²) in [4.78, 5) is 56.0. The summed E-state index contributed by atoms with van der Waals surface area (Å²) in [6.07, 6.45) is 3.94. The number of methoxy groups -OCH3 is 1. The van der Waals surface area contributed by atoms with Crippen LogP contribution in [-0.4, -0.2) is 90.5 Å². The fraction of sp³-hybridized carbons (Fsp3) is 0.368. The number of rotatable bonds is 8. The summed E-state index contributed by atoms with van der Waals surface area (Å²) >= 11 is 7.24. The highest BCUT2D eigenvalue weighted by molar-refractivity contribution is 6.36. The van der Waals surface area contributed by atoms with E-state index in [1.54, 1.807) is 19.1 Å². The molecule has 15 heteroatoms. The van der Waals surface area contributed by atoms with E-state index in [0.29, 0.717) is 35.5 Å². The Labute approximate surface area is 310 Å². The maximum atomic E-state index is 13.2. The molecule has 1 aliphatic carbocycles. The van der Waals surface area contributed by atoms with Crippen molar-refractivity contribution in [1.82, 2.24) is 39.2 Å². The van der Waals surface area contributed by atoms with Crippen LogP contribution in [-0.2, 0) is 20.5 Å². The number of hydrogen-bond acceptors (Lipinski definition) is 10. The molecule has 5 heterocycles. The lowest BCUT2D eigenvalue weighted by molar-refractivity contribution is 0.193. The van der Waals surface area contributed by atoms with Crippen molar-refractivity contribution in [1.29, 1.82) is 0 Å². The molecule has 3 aromatic heterocycles. The van der Waals surface area contributed by atoms with Gasteiger partial charge < -0.3 is 25.4 Å². The molecule has 1 spiro atoms. The lowest BCUT2D eigenvalue weighted by Crippen LogP contribution is -2.46. The van der Waals surface area contributed by atoms with Gasteiger partial charge in [0.1, 0.15) is 17.5 Å². The maximum absolute atomic E-state index is 13.2. The van der Waals surface area contributed by atoms with E-state index in [-0.39, 0.29) is 35.3 Å². The molecule has 53 heavy (non-hydrogen) atoms. The average molecular weight is 738 g/mol. The van der Waals surface area contributed by atoms with E-state index >= 15 is 0 Å². The van der Waals surface area contributed by atoms with Crippen LogP contribution in [0.5, 0.6) is 5.88 Å². The normalized spacial score (nSPS) is 19.7. The number of fused-ring (bicyclic) bond motifs is 2. The summed E-state index contributed by atoms with van der Waals surface area (Å²) in [7, 11) is 4.65. The highest BCUT2D eigenvalue weighted by Gasteiger charge is 2.49. The van der Waals surface area contributed by atoms with Crippen molar-refractivity contribution in [3.63, 3.8) is 0 Å². The first kappa shape index (κ1) is 34.8. The van der Waals surface area contributed by atoms with Gasteiger partial charge in [-0.25, -0.2) is 24.5 Å². The topological polar surface area (TPSA) is 160 Å². The third-order valence-electron chi connectivity index (χ3n) is 11.1. The molecule has 0 radical (unpaired) electrons. The largest absolute Gasteiger partial charge is 0.481 e. The Morgan fingerprint density at radius 3 is 2.62 bits per heavy atom. The Bertz CT molecular complexity index is 2430. The van der Waals surface area contributed by atoms with Crippen LogP contribution in [0.15, 0.2) is 58.4 Å². The molecule has 8 rings (SSSR count). The SMILES string of the molecule is COc1nc(-c2cccc(-c3cccc(Nc4ncnc5c4c(=O)n(C)c(=O)n5C)c3C)c2Cl)cc2c1[C@@H](N1CC[C@]3(CN(CCO)C(=O)N3)C1)CC2. The number of anilines is 2.